The maximum absolute atomic E-state index is 10.6. The predicted molar refractivity (Wildman–Crippen MR) is 69.1 cm³/mol. The van der Waals surface area contributed by atoms with Gasteiger partial charge in [-0.2, -0.15) is 4.37 Å². The summed E-state index contributed by atoms with van der Waals surface area (Å²) in [5, 5.41) is 9.72. The maximum atomic E-state index is 10.6. The molecule has 1 saturated heterocycles. The van der Waals surface area contributed by atoms with E-state index in [1.54, 1.807) is 0 Å². The molecule has 6 heteroatoms. The summed E-state index contributed by atoms with van der Waals surface area (Å²) in [6.45, 7) is 1.93. The summed E-state index contributed by atoms with van der Waals surface area (Å²) in [6.07, 6.45) is 4.60. The lowest BCUT2D eigenvalue weighted by atomic mass is 10.0. The van der Waals surface area contributed by atoms with Gasteiger partial charge >= 0.3 is 5.97 Å². The number of carboxylic acid groups (broad SMARTS) is 1. The van der Waals surface area contributed by atoms with Crippen LogP contribution in [0.4, 0.5) is 5.13 Å². The molecule has 0 radical (unpaired) electrons. The summed E-state index contributed by atoms with van der Waals surface area (Å²) in [4.78, 5) is 17.4. The van der Waals surface area contributed by atoms with Crippen LogP contribution >= 0.6 is 11.5 Å². The molecule has 2 fully saturated rings. The fourth-order valence-corrected chi connectivity index (χ4v) is 3.21. The van der Waals surface area contributed by atoms with Crippen molar-refractivity contribution in [1.29, 1.82) is 0 Å². The van der Waals surface area contributed by atoms with Crippen LogP contribution in [0, 0.1) is 5.92 Å². The SMILES string of the molecule is O=C(O)CCC1CCN(c2nc(C3CC3)ns2)C1. The van der Waals surface area contributed by atoms with E-state index in [1.807, 2.05) is 0 Å². The summed E-state index contributed by atoms with van der Waals surface area (Å²) < 4.78 is 4.42. The summed E-state index contributed by atoms with van der Waals surface area (Å²) in [6, 6.07) is 0. The second-order valence-corrected chi connectivity index (χ2v) is 5.97. The molecule has 0 amide bonds. The Labute approximate surface area is 110 Å². The lowest BCUT2D eigenvalue weighted by Gasteiger charge is -2.13. The van der Waals surface area contributed by atoms with Gasteiger partial charge in [0.25, 0.3) is 0 Å². The normalized spacial score (nSPS) is 23.6. The molecule has 1 aromatic rings. The first-order valence-electron chi connectivity index (χ1n) is 6.52. The Morgan fingerprint density at radius 3 is 3.00 bits per heavy atom. The molecule has 3 rings (SSSR count). The highest BCUT2D eigenvalue weighted by Crippen LogP contribution is 2.40. The minimum absolute atomic E-state index is 0.280. The highest BCUT2D eigenvalue weighted by atomic mass is 32.1. The van der Waals surface area contributed by atoms with E-state index < -0.39 is 5.97 Å². The molecule has 0 aromatic carbocycles. The van der Waals surface area contributed by atoms with Crippen LogP contribution in [-0.4, -0.2) is 33.5 Å². The van der Waals surface area contributed by atoms with Crippen LogP contribution in [0.3, 0.4) is 0 Å². The third-order valence-corrected chi connectivity index (χ3v) is 4.49. The molecule has 1 unspecified atom stereocenters. The number of carboxylic acids is 1. The second-order valence-electron chi connectivity index (χ2n) is 5.24. The average Bonchev–Trinajstić information content (AvgIpc) is 2.92. The minimum Gasteiger partial charge on any atom is -0.481 e. The molecule has 2 heterocycles. The van der Waals surface area contributed by atoms with Crippen LogP contribution in [-0.2, 0) is 4.79 Å². The second kappa shape index (κ2) is 4.84. The molecule has 98 valence electrons. The van der Waals surface area contributed by atoms with Gasteiger partial charge < -0.3 is 10.0 Å². The first kappa shape index (κ1) is 11.9. The number of aromatic nitrogens is 2. The average molecular weight is 267 g/mol. The van der Waals surface area contributed by atoms with E-state index in [0.717, 1.165) is 36.9 Å². The van der Waals surface area contributed by atoms with Crippen molar-refractivity contribution in [2.24, 2.45) is 5.92 Å². The summed E-state index contributed by atoms with van der Waals surface area (Å²) >= 11 is 1.49. The monoisotopic (exact) mass is 267 g/mol. The third kappa shape index (κ3) is 2.63. The standard InChI is InChI=1S/C12H17N3O2S/c16-10(17)4-1-8-5-6-15(7-8)12-13-11(14-18-12)9-2-3-9/h8-9H,1-7H2,(H,16,17). The van der Waals surface area contributed by atoms with Crippen molar-refractivity contribution in [1.82, 2.24) is 9.36 Å². The van der Waals surface area contributed by atoms with Gasteiger partial charge in [-0.25, -0.2) is 4.98 Å². The molecule has 1 saturated carbocycles. The first-order valence-corrected chi connectivity index (χ1v) is 7.30. The van der Waals surface area contributed by atoms with Crippen molar-refractivity contribution in [3.63, 3.8) is 0 Å². The van der Waals surface area contributed by atoms with Gasteiger partial charge in [-0.3, -0.25) is 4.79 Å². The number of hydrogen-bond acceptors (Lipinski definition) is 5. The van der Waals surface area contributed by atoms with Crippen molar-refractivity contribution in [3.05, 3.63) is 5.82 Å². The molecule has 2 aliphatic rings. The van der Waals surface area contributed by atoms with Crippen molar-refractivity contribution in [2.45, 2.75) is 38.0 Å². The van der Waals surface area contributed by atoms with Crippen LogP contribution in [0.2, 0.25) is 0 Å². The van der Waals surface area contributed by atoms with E-state index in [2.05, 4.69) is 14.3 Å². The molecule has 1 atom stereocenters. The topological polar surface area (TPSA) is 66.3 Å². The molecule has 1 N–H and O–H groups in total. The Balaban J connectivity index is 1.55. The number of aliphatic carboxylic acids is 1. The number of hydrogen-bond donors (Lipinski definition) is 1. The number of carbonyl (C=O) groups is 1. The van der Waals surface area contributed by atoms with Crippen molar-refractivity contribution < 1.29 is 9.90 Å². The molecule has 18 heavy (non-hydrogen) atoms. The van der Waals surface area contributed by atoms with E-state index in [-0.39, 0.29) is 6.42 Å². The predicted octanol–water partition coefficient (Wildman–Crippen LogP) is 2.11. The highest BCUT2D eigenvalue weighted by molar-refractivity contribution is 7.09. The van der Waals surface area contributed by atoms with Crippen LogP contribution in [0.25, 0.3) is 0 Å². The van der Waals surface area contributed by atoms with Crippen LogP contribution < -0.4 is 4.90 Å². The van der Waals surface area contributed by atoms with E-state index in [4.69, 9.17) is 5.11 Å². The van der Waals surface area contributed by atoms with Crippen LogP contribution in [0.5, 0.6) is 0 Å². The largest absolute Gasteiger partial charge is 0.481 e. The Kier molecular flexibility index (Phi) is 3.20. The lowest BCUT2D eigenvalue weighted by Crippen LogP contribution is -2.19. The molecule has 1 aliphatic carbocycles. The van der Waals surface area contributed by atoms with Gasteiger partial charge in [0.1, 0.15) is 5.82 Å². The van der Waals surface area contributed by atoms with E-state index in [1.165, 1.54) is 24.4 Å². The lowest BCUT2D eigenvalue weighted by molar-refractivity contribution is -0.137. The van der Waals surface area contributed by atoms with Gasteiger partial charge in [-0.05, 0) is 31.6 Å². The smallest absolute Gasteiger partial charge is 0.303 e. The van der Waals surface area contributed by atoms with Gasteiger partial charge in [-0.1, -0.05) is 0 Å². The number of rotatable bonds is 5. The van der Waals surface area contributed by atoms with Gasteiger partial charge in [-0.15, -0.1) is 0 Å². The molecule has 1 aromatic heterocycles. The Hall–Kier alpha value is -1.17. The van der Waals surface area contributed by atoms with Gasteiger partial charge in [0.2, 0.25) is 5.13 Å². The van der Waals surface area contributed by atoms with Crippen LogP contribution in [0.1, 0.15) is 43.8 Å². The Morgan fingerprint density at radius 1 is 1.44 bits per heavy atom. The maximum Gasteiger partial charge on any atom is 0.303 e. The van der Waals surface area contributed by atoms with Crippen LogP contribution in [0.15, 0.2) is 0 Å². The van der Waals surface area contributed by atoms with Crippen molar-refractivity contribution in [3.8, 4) is 0 Å². The molecular weight excluding hydrogens is 250 g/mol. The van der Waals surface area contributed by atoms with E-state index in [0.29, 0.717) is 11.8 Å². The molecule has 0 bridgehead atoms. The highest BCUT2D eigenvalue weighted by Gasteiger charge is 2.30. The van der Waals surface area contributed by atoms with E-state index in [9.17, 15) is 4.79 Å². The quantitative estimate of drug-likeness (QED) is 0.885. The molecule has 0 spiro atoms. The van der Waals surface area contributed by atoms with Crippen molar-refractivity contribution >= 4 is 22.6 Å². The van der Waals surface area contributed by atoms with Gasteiger partial charge in [0, 0.05) is 37.0 Å². The fourth-order valence-electron chi connectivity index (χ4n) is 2.43. The van der Waals surface area contributed by atoms with Crippen molar-refractivity contribution in [2.75, 3.05) is 18.0 Å². The first-order chi connectivity index (χ1) is 8.72. The molecular formula is C12H17N3O2S. The molecule has 5 nitrogen and oxygen atoms in total. The summed E-state index contributed by atoms with van der Waals surface area (Å²) in [7, 11) is 0. The Bertz CT molecular complexity index is 444. The van der Waals surface area contributed by atoms with Gasteiger partial charge in [0.05, 0.1) is 0 Å². The fraction of sp³-hybridized carbons (Fsp3) is 0.750. The number of nitrogens with zero attached hydrogens (tertiary/aromatic N) is 3. The molecule has 1 aliphatic heterocycles. The number of anilines is 1. The zero-order valence-corrected chi connectivity index (χ0v) is 11.0. The van der Waals surface area contributed by atoms with E-state index >= 15 is 0 Å². The summed E-state index contributed by atoms with van der Waals surface area (Å²) in [5.74, 6) is 1.43. The summed E-state index contributed by atoms with van der Waals surface area (Å²) in [5.41, 5.74) is 0. The third-order valence-electron chi connectivity index (χ3n) is 3.70. The minimum atomic E-state index is -0.694. The Morgan fingerprint density at radius 2 is 2.28 bits per heavy atom. The zero-order chi connectivity index (χ0) is 12.5. The van der Waals surface area contributed by atoms with Gasteiger partial charge in [0.15, 0.2) is 0 Å². The zero-order valence-electron chi connectivity index (χ0n) is 10.2.